The molecule has 0 atom stereocenters. The van der Waals surface area contributed by atoms with Crippen LogP contribution in [0.25, 0.3) is 10.9 Å². The fourth-order valence-electron chi connectivity index (χ4n) is 2.03. The van der Waals surface area contributed by atoms with Crippen molar-refractivity contribution < 1.29 is 14.6 Å². The number of pyridine rings is 1. The zero-order valence-electron chi connectivity index (χ0n) is 10.1. The van der Waals surface area contributed by atoms with Gasteiger partial charge in [0, 0.05) is 24.2 Å². The molecule has 2 rings (SSSR count). The highest BCUT2D eigenvalue weighted by atomic mass is 16.5. The van der Waals surface area contributed by atoms with E-state index in [0.29, 0.717) is 22.3 Å². The summed E-state index contributed by atoms with van der Waals surface area (Å²) in [4.78, 5) is 22.7. The molecule has 5 heteroatoms. The Hall–Kier alpha value is -2.30. The Morgan fingerprint density at radius 3 is 2.78 bits per heavy atom. The quantitative estimate of drug-likeness (QED) is 0.884. The molecule has 94 valence electrons. The Balaban J connectivity index is 2.83. The van der Waals surface area contributed by atoms with Crippen LogP contribution in [-0.4, -0.2) is 22.8 Å². The normalized spacial score (nSPS) is 10.6. The van der Waals surface area contributed by atoms with Gasteiger partial charge in [0.2, 0.25) is 0 Å². The van der Waals surface area contributed by atoms with Gasteiger partial charge in [0.25, 0.3) is 0 Å². The maximum atomic E-state index is 11.9. The minimum Gasteiger partial charge on any atom is -0.495 e. The van der Waals surface area contributed by atoms with E-state index in [9.17, 15) is 9.59 Å². The summed E-state index contributed by atoms with van der Waals surface area (Å²) in [6, 6.07) is 6.53. The Labute approximate surface area is 103 Å². The lowest BCUT2D eigenvalue weighted by molar-refractivity contribution is -0.136. The first-order valence-electron chi connectivity index (χ1n) is 5.42. The number of rotatable bonds is 3. The molecular formula is C13H13NO4. The summed E-state index contributed by atoms with van der Waals surface area (Å²) in [7, 11) is 3.24. The topological polar surface area (TPSA) is 68.5 Å². The molecule has 0 spiro atoms. The monoisotopic (exact) mass is 247 g/mol. The molecule has 0 aliphatic carbocycles. The first-order valence-corrected chi connectivity index (χ1v) is 5.42. The number of aromatic nitrogens is 1. The number of benzene rings is 1. The van der Waals surface area contributed by atoms with Crippen LogP contribution >= 0.6 is 0 Å². The van der Waals surface area contributed by atoms with Gasteiger partial charge < -0.3 is 14.4 Å². The van der Waals surface area contributed by atoms with E-state index in [0.717, 1.165) is 0 Å². The molecule has 0 amide bonds. The van der Waals surface area contributed by atoms with E-state index < -0.39 is 5.97 Å². The van der Waals surface area contributed by atoms with Gasteiger partial charge in [0.15, 0.2) is 5.43 Å². The lowest BCUT2D eigenvalue weighted by Gasteiger charge is -2.13. The van der Waals surface area contributed by atoms with Crippen LogP contribution in [0, 0.1) is 0 Å². The van der Waals surface area contributed by atoms with Crippen molar-refractivity contribution in [3.05, 3.63) is 40.2 Å². The molecule has 1 N–H and O–H groups in total. The van der Waals surface area contributed by atoms with E-state index in [1.807, 2.05) is 0 Å². The lowest BCUT2D eigenvalue weighted by Crippen LogP contribution is -2.15. The Kier molecular flexibility index (Phi) is 3.06. The van der Waals surface area contributed by atoms with Gasteiger partial charge in [-0.2, -0.15) is 0 Å². The third kappa shape index (κ3) is 1.95. The van der Waals surface area contributed by atoms with Crippen LogP contribution in [0.4, 0.5) is 0 Å². The number of ether oxygens (including phenoxy) is 1. The van der Waals surface area contributed by atoms with Crippen LogP contribution in [0.5, 0.6) is 5.75 Å². The fraction of sp³-hybridized carbons (Fsp3) is 0.231. The molecule has 0 aliphatic rings. The van der Waals surface area contributed by atoms with Crippen molar-refractivity contribution in [3.8, 4) is 5.75 Å². The average Bonchev–Trinajstić information content (AvgIpc) is 2.34. The SMILES string of the molecule is COc1cccc2c(=O)cc(CC(=O)O)n(C)c12. The zero-order valence-corrected chi connectivity index (χ0v) is 10.1. The number of fused-ring (bicyclic) bond motifs is 1. The molecule has 2 aromatic rings. The summed E-state index contributed by atoms with van der Waals surface area (Å²) in [6.07, 6.45) is -0.195. The van der Waals surface area contributed by atoms with Gasteiger partial charge in [-0.1, -0.05) is 6.07 Å². The summed E-state index contributed by atoms with van der Waals surface area (Å²) >= 11 is 0. The van der Waals surface area contributed by atoms with Gasteiger partial charge in [-0.15, -0.1) is 0 Å². The number of hydrogen-bond donors (Lipinski definition) is 1. The van der Waals surface area contributed by atoms with E-state index in [-0.39, 0.29) is 11.8 Å². The van der Waals surface area contributed by atoms with Gasteiger partial charge in [0.05, 0.1) is 19.0 Å². The number of carboxylic acids is 1. The van der Waals surface area contributed by atoms with E-state index >= 15 is 0 Å². The Morgan fingerprint density at radius 2 is 2.17 bits per heavy atom. The van der Waals surface area contributed by atoms with Crippen molar-refractivity contribution >= 4 is 16.9 Å². The summed E-state index contributed by atoms with van der Waals surface area (Å²) in [5, 5.41) is 9.35. The summed E-state index contributed by atoms with van der Waals surface area (Å²) in [6.45, 7) is 0. The fourth-order valence-corrected chi connectivity index (χ4v) is 2.03. The summed E-state index contributed by atoms with van der Waals surface area (Å²) in [5.74, 6) is -0.418. The van der Waals surface area contributed by atoms with Crippen LogP contribution in [0.1, 0.15) is 5.69 Å². The highest BCUT2D eigenvalue weighted by Gasteiger charge is 2.12. The molecule has 1 aromatic heterocycles. The molecule has 0 radical (unpaired) electrons. The van der Waals surface area contributed by atoms with Crippen LogP contribution in [0.2, 0.25) is 0 Å². The molecule has 0 unspecified atom stereocenters. The molecule has 18 heavy (non-hydrogen) atoms. The molecule has 0 aliphatic heterocycles. The highest BCUT2D eigenvalue weighted by Crippen LogP contribution is 2.23. The smallest absolute Gasteiger partial charge is 0.309 e. The number of para-hydroxylation sites is 1. The molecule has 0 bridgehead atoms. The van der Waals surface area contributed by atoms with Gasteiger partial charge in [-0.05, 0) is 12.1 Å². The molecule has 1 aromatic carbocycles. The van der Waals surface area contributed by atoms with Crippen LogP contribution in [0.15, 0.2) is 29.1 Å². The predicted molar refractivity (Wildman–Crippen MR) is 67.1 cm³/mol. The van der Waals surface area contributed by atoms with Crippen LogP contribution < -0.4 is 10.2 Å². The molecular weight excluding hydrogens is 234 g/mol. The van der Waals surface area contributed by atoms with Crippen molar-refractivity contribution in [2.24, 2.45) is 7.05 Å². The van der Waals surface area contributed by atoms with E-state index in [1.54, 1.807) is 29.8 Å². The second-order valence-electron chi connectivity index (χ2n) is 3.99. The van der Waals surface area contributed by atoms with Crippen molar-refractivity contribution in [1.82, 2.24) is 4.57 Å². The molecule has 0 fully saturated rings. The number of carboxylic acid groups (broad SMARTS) is 1. The third-order valence-corrected chi connectivity index (χ3v) is 2.88. The number of nitrogens with zero attached hydrogens (tertiary/aromatic N) is 1. The first kappa shape index (κ1) is 12.2. The number of aryl methyl sites for hydroxylation is 1. The van der Waals surface area contributed by atoms with Gasteiger partial charge in [-0.3, -0.25) is 9.59 Å². The van der Waals surface area contributed by atoms with Crippen LogP contribution in [0.3, 0.4) is 0 Å². The molecule has 5 nitrogen and oxygen atoms in total. The summed E-state index contributed by atoms with van der Waals surface area (Å²) < 4.78 is 6.90. The highest BCUT2D eigenvalue weighted by molar-refractivity contribution is 5.85. The van der Waals surface area contributed by atoms with Crippen molar-refractivity contribution in [2.45, 2.75) is 6.42 Å². The second kappa shape index (κ2) is 4.52. The summed E-state index contributed by atoms with van der Waals surface area (Å²) in [5.41, 5.74) is 0.867. The minimum absolute atomic E-state index is 0.195. The largest absolute Gasteiger partial charge is 0.495 e. The van der Waals surface area contributed by atoms with Gasteiger partial charge in [0.1, 0.15) is 5.75 Å². The second-order valence-corrected chi connectivity index (χ2v) is 3.99. The van der Waals surface area contributed by atoms with Crippen molar-refractivity contribution in [2.75, 3.05) is 7.11 Å². The Morgan fingerprint density at radius 1 is 1.44 bits per heavy atom. The number of hydrogen-bond acceptors (Lipinski definition) is 3. The van der Waals surface area contributed by atoms with E-state index in [2.05, 4.69) is 0 Å². The van der Waals surface area contributed by atoms with E-state index in [1.165, 1.54) is 13.2 Å². The maximum absolute atomic E-state index is 11.9. The number of aliphatic carboxylic acids is 1. The van der Waals surface area contributed by atoms with Crippen LogP contribution in [-0.2, 0) is 18.3 Å². The van der Waals surface area contributed by atoms with Gasteiger partial charge in [-0.25, -0.2) is 0 Å². The van der Waals surface area contributed by atoms with Crippen molar-refractivity contribution in [1.29, 1.82) is 0 Å². The van der Waals surface area contributed by atoms with E-state index in [4.69, 9.17) is 9.84 Å². The molecule has 0 saturated carbocycles. The average molecular weight is 247 g/mol. The minimum atomic E-state index is -0.973. The first-order chi connectivity index (χ1) is 8.54. The van der Waals surface area contributed by atoms with Crippen molar-refractivity contribution in [3.63, 3.8) is 0 Å². The molecule has 1 heterocycles. The molecule has 0 saturated heterocycles. The Bertz CT molecular complexity index is 672. The number of methoxy groups -OCH3 is 1. The lowest BCUT2D eigenvalue weighted by atomic mass is 10.1. The zero-order chi connectivity index (χ0) is 13.3. The standard InChI is InChI=1S/C13H13NO4/c1-14-8(7-12(16)17)6-10(15)9-4-3-5-11(18-2)13(9)14/h3-6H,7H2,1-2H3,(H,16,17). The predicted octanol–water partition coefficient (Wildman–Crippen LogP) is 1.17. The number of carbonyl (C=O) groups is 1. The van der Waals surface area contributed by atoms with Gasteiger partial charge >= 0.3 is 5.97 Å². The third-order valence-electron chi connectivity index (χ3n) is 2.88. The maximum Gasteiger partial charge on any atom is 0.309 e.